The Bertz CT molecular complexity index is 834. The predicted molar refractivity (Wildman–Crippen MR) is 86.9 cm³/mol. The van der Waals surface area contributed by atoms with Crippen molar-refractivity contribution >= 4 is 5.91 Å². The summed E-state index contributed by atoms with van der Waals surface area (Å²) in [5.41, 5.74) is 2.20. The Morgan fingerprint density at radius 2 is 2.36 bits per heavy atom. The molecule has 0 saturated heterocycles. The van der Waals surface area contributed by atoms with Gasteiger partial charge in [0, 0.05) is 11.5 Å². The SMILES string of the molecule is CC(C)[C@@H](CF)NC(=O)c1nn(-c2c[n+]([O-])ccn2)c2c1C[C@@H]1C[C@H]21. The highest BCUT2D eigenvalue weighted by atomic mass is 19.1. The van der Waals surface area contributed by atoms with E-state index in [2.05, 4.69) is 15.4 Å². The van der Waals surface area contributed by atoms with Crippen molar-refractivity contribution in [2.75, 3.05) is 6.67 Å². The van der Waals surface area contributed by atoms with Crippen LogP contribution in [0.3, 0.4) is 0 Å². The molecule has 0 unspecified atom stereocenters. The summed E-state index contributed by atoms with van der Waals surface area (Å²) in [7, 11) is 0. The summed E-state index contributed by atoms with van der Waals surface area (Å²) in [6.07, 6.45) is 5.92. The molecule has 25 heavy (non-hydrogen) atoms. The number of fused-ring (bicyclic) bond motifs is 3. The lowest BCUT2D eigenvalue weighted by atomic mass is 10.0. The summed E-state index contributed by atoms with van der Waals surface area (Å²) in [6.45, 7) is 3.11. The Balaban J connectivity index is 1.72. The van der Waals surface area contributed by atoms with E-state index < -0.39 is 12.7 Å². The van der Waals surface area contributed by atoms with Gasteiger partial charge in [0.1, 0.15) is 6.67 Å². The quantitative estimate of drug-likeness (QED) is 0.653. The lowest BCUT2D eigenvalue weighted by Gasteiger charge is -2.18. The van der Waals surface area contributed by atoms with E-state index in [9.17, 15) is 14.4 Å². The summed E-state index contributed by atoms with van der Waals surface area (Å²) in [5, 5.41) is 18.7. The molecular formula is C17H20FN5O2. The van der Waals surface area contributed by atoms with E-state index in [-0.39, 0.29) is 11.8 Å². The number of amides is 1. The molecule has 1 fully saturated rings. The van der Waals surface area contributed by atoms with Gasteiger partial charge in [-0.15, -0.1) is 0 Å². The van der Waals surface area contributed by atoms with Crippen LogP contribution in [0.25, 0.3) is 5.82 Å². The number of carbonyl (C=O) groups is 1. The third kappa shape index (κ3) is 2.65. The molecule has 1 saturated carbocycles. The van der Waals surface area contributed by atoms with Crippen molar-refractivity contribution in [3.05, 3.63) is 40.7 Å². The van der Waals surface area contributed by atoms with Crippen LogP contribution in [0, 0.1) is 17.0 Å². The summed E-state index contributed by atoms with van der Waals surface area (Å²) in [6, 6.07) is -0.539. The molecule has 2 aliphatic carbocycles. The third-order valence-electron chi connectivity index (χ3n) is 5.15. The fraction of sp³-hybridized carbons (Fsp3) is 0.529. The van der Waals surface area contributed by atoms with Gasteiger partial charge >= 0.3 is 0 Å². The molecule has 2 aliphatic rings. The van der Waals surface area contributed by atoms with Crippen molar-refractivity contribution < 1.29 is 13.9 Å². The molecule has 132 valence electrons. The van der Waals surface area contributed by atoms with E-state index in [1.165, 1.54) is 18.6 Å². The van der Waals surface area contributed by atoms with Crippen LogP contribution in [0.2, 0.25) is 0 Å². The van der Waals surface area contributed by atoms with Crippen LogP contribution in [0.15, 0.2) is 18.6 Å². The van der Waals surface area contributed by atoms with Crippen LogP contribution in [-0.2, 0) is 6.42 Å². The zero-order valence-corrected chi connectivity index (χ0v) is 14.1. The number of aromatic nitrogens is 4. The molecule has 3 atom stereocenters. The van der Waals surface area contributed by atoms with Crippen LogP contribution < -0.4 is 10.0 Å². The second kappa shape index (κ2) is 5.79. The summed E-state index contributed by atoms with van der Waals surface area (Å²) in [4.78, 5) is 16.9. The average molecular weight is 345 g/mol. The summed E-state index contributed by atoms with van der Waals surface area (Å²) >= 11 is 0. The molecule has 0 bridgehead atoms. The maximum Gasteiger partial charge on any atom is 0.272 e. The van der Waals surface area contributed by atoms with Gasteiger partial charge in [-0.05, 0) is 24.7 Å². The summed E-state index contributed by atoms with van der Waals surface area (Å²) < 4.78 is 15.4. The Labute approximate surface area is 144 Å². The first-order valence-corrected chi connectivity index (χ1v) is 8.53. The largest absolute Gasteiger partial charge is 0.619 e. The fourth-order valence-electron chi connectivity index (χ4n) is 3.57. The molecule has 7 nitrogen and oxygen atoms in total. The number of hydrogen-bond donors (Lipinski definition) is 1. The summed E-state index contributed by atoms with van der Waals surface area (Å²) in [5.74, 6) is 0.932. The highest BCUT2D eigenvalue weighted by Crippen LogP contribution is 2.57. The van der Waals surface area contributed by atoms with Gasteiger partial charge in [0.2, 0.25) is 12.0 Å². The highest BCUT2D eigenvalue weighted by Gasteiger charge is 2.50. The molecule has 4 rings (SSSR count). The van der Waals surface area contributed by atoms with E-state index in [1.54, 1.807) is 4.68 Å². The van der Waals surface area contributed by atoms with Gasteiger partial charge < -0.3 is 10.5 Å². The number of nitrogens with zero attached hydrogens (tertiary/aromatic N) is 4. The Kier molecular flexibility index (Phi) is 3.70. The smallest absolute Gasteiger partial charge is 0.272 e. The number of rotatable bonds is 5. The zero-order chi connectivity index (χ0) is 17.7. The second-order valence-electron chi connectivity index (χ2n) is 7.18. The molecule has 1 N–H and O–H groups in total. The van der Waals surface area contributed by atoms with Gasteiger partial charge in [0.15, 0.2) is 11.9 Å². The van der Waals surface area contributed by atoms with Gasteiger partial charge in [-0.2, -0.15) is 9.83 Å². The van der Waals surface area contributed by atoms with E-state index in [4.69, 9.17) is 0 Å². The fourth-order valence-corrected chi connectivity index (χ4v) is 3.57. The van der Waals surface area contributed by atoms with Gasteiger partial charge in [0.25, 0.3) is 5.91 Å². The molecular weight excluding hydrogens is 325 g/mol. The first-order chi connectivity index (χ1) is 12.0. The minimum atomic E-state index is -0.617. The number of carbonyl (C=O) groups excluding carboxylic acids is 1. The average Bonchev–Trinajstić information content (AvgIpc) is 3.08. The molecule has 0 aliphatic heterocycles. The monoisotopic (exact) mass is 345 g/mol. The Hall–Kier alpha value is -2.51. The van der Waals surface area contributed by atoms with Crippen molar-refractivity contribution in [3.8, 4) is 5.82 Å². The van der Waals surface area contributed by atoms with E-state index in [1.807, 2.05) is 13.8 Å². The van der Waals surface area contributed by atoms with Gasteiger partial charge in [0.05, 0.1) is 17.9 Å². The minimum Gasteiger partial charge on any atom is -0.619 e. The Morgan fingerprint density at radius 1 is 1.56 bits per heavy atom. The van der Waals surface area contributed by atoms with Crippen LogP contribution >= 0.6 is 0 Å². The molecule has 8 heteroatoms. The first-order valence-electron chi connectivity index (χ1n) is 8.53. The van der Waals surface area contributed by atoms with Crippen LogP contribution in [0.5, 0.6) is 0 Å². The minimum absolute atomic E-state index is 0.00676. The third-order valence-corrected chi connectivity index (χ3v) is 5.15. The number of hydrogen-bond acceptors (Lipinski definition) is 4. The van der Waals surface area contributed by atoms with Crippen LogP contribution in [0.4, 0.5) is 4.39 Å². The zero-order valence-electron chi connectivity index (χ0n) is 14.1. The standard InChI is InChI=1S/C17H20FN5O2/c1-9(2)13(7-18)20-17(24)15-12-6-10-5-11(10)16(12)23(21-15)14-8-22(25)4-3-19-14/h3-4,8-11,13H,5-7H2,1-2H3,(H,20,24)/t10-,11-,13+/m0/s1. The lowest BCUT2D eigenvalue weighted by Crippen LogP contribution is -2.40. The van der Waals surface area contributed by atoms with Crippen molar-refractivity contribution in [3.63, 3.8) is 0 Å². The van der Waals surface area contributed by atoms with Crippen LogP contribution in [-0.4, -0.2) is 33.4 Å². The molecule has 0 spiro atoms. The molecule has 2 aromatic rings. The molecule has 1 amide bonds. The second-order valence-corrected chi connectivity index (χ2v) is 7.18. The van der Waals surface area contributed by atoms with Crippen molar-refractivity contribution in [2.24, 2.45) is 11.8 Å². The van der Waals surface area contributed by atoms with Crippen molar-refractivity contribution in [2.45, 2.75) is 38.6 Å². The maximum atomic E-state index is 13.2. The predicted octanol–water partition coefficient (Wildman–Crippen LogP) is 1.28. The normalized spacial score (nSPS) is 21.8. The molecule has 0 aromatic carbocycles. The Morgan fingerprint density at radius 3 is 3.04 bits per heavy atom. The maximum absolute atomic E-state index is 13.2. The van der Waals surface area contributed by atoms with Crippen molar-refractivity contribution in [1.29, 1.82) is 0 Å². The van der Waals surface area contributed by atoms with Crippen LogP contribution in [0.1, 0.15) is 47.9 Å². The lowest BCUT2D eigenvalue weighted by molar-refractivity contribution is -0.605. The number of nitrogens with one attached hydrogen (secondary N) is 1. The number of halogens is 1. The molecule has 2 heterocycles. The van der Waals surface area contributed by atoms with E-state index in [0.29, 0.717) is 28.1 Å². The molecule has 2 aromatic heterocycles. The first kappa shape index (κ1) is 16.0. The van der Waals surface area contributed by atoms with Crippen molar-refractivity contribution in [1.82, 2.24) is 20.1 Å². The molecule has 0 radical (unpaired) electrons. The van der Waals surface area contributed by atoms with Gasteiger partial charge in [-0.25, -0.2) is 14.1 Å². The van der Waals surface area contributed by atoms with E-state index >= 15 is 0 Å². The number of alkyl halides is 1. The van der Waals surface area contributed by atoms with Gasteiger partial charge in [-0.1, -0.05) is 13.8 Å². The highest BCUT2D eigenvalue weighted by molar-refractivity contribution is 5.94. The van der Waals surface area contributed by atoms with Gasteiger partial charge in [-0.3, -0.25) is 4.79 Å². The van der Waals surface area contributed by atoms with E-state index in [0.717, 1.165) is 24.1 Å². The topological polar surface area (TPSA) is 86.8 Å².